The number of fused-ring (bicyclic) bond motifs is 1. The molecule has 3 aliphatic heterocycles. The lowest BCUT2D eigenvalue weighted by molar-refractivity contribution is -0.255. The van der Waals surface area contributed by atoms with Crippen molar-refractivity contribution in [1.29, 1.82) is 0 Å². The molecule has 4 rings (SSSR count). The van der Waals surface area contributed by atoms with Crippen LogP contribution >= 0.6 is 0 Å². The number of nitrogens with zero attached hydrogens (tertiary/aromatic N) is 1. The second-order valence-electron chi connectivity index (χ2n) is 8.10. The van der Waals surface area contributed by atoms with Crippen molar-refractivity contribution in [3.8, 4) is 11.5 Å². The highest BCUT2D eigenvalue weighted by atomic mass is 16.6. The molecule has 166 valence electrons. The number of carbonyl (C=O) groups excluding carboxylic acids is 2. The van der Waals surface area contributed by atoms with Gasteiger partial charge in [0.2, 0.25) is 5.91 Å². The van der Waals surface area contributed by atoms with Crippen LogP contribution in [-0.4, -0.2) is 65.4 Å². The van der Waals surface area contributed by atoms with Gasteiger partial charge in [-0.1, -0.05) is 19.8 Å². The zero-order valence-corrected chi connectivity index (χ0v) is 16.1. The normalized spacial score (nSPS) is 22.3. The predicted molar refractivity (Wildman–Crippen MR) is 108 cm³/mol. The van der Waals surface area contributed by atoms with Gasteiger partial charge in [0.25, 0.3) is 0 Å². The number of aromatic carboxylic acids is 1. The fourth-order valence-electron chi connectivity index (χ4n) is 4.18. The van der Waals surface area contributed by atoms with Gasteiger partial charge in [-0.25, -0.2) is 0 Å². The summed E-state index contributed by atoms with van der Waals surface area (Å²) in [6.07, 6.45) is 3.51. The summed E-state index contributed by atoms with van der Waals surface area (Å²) in [5.74, 6) is -1.51. The molecule has 3 N–H and O–H groups in total. The fourth-order valence-corrected chi connectivity index (χ4v) is 4.18. The van der Waals surface area contributed by atoms with Crippen LogP contribution in [0.15, 0.2) is 12.1 Å². The van der Waals surface area contributed by atoms with Crippen molar-refractivity contribution in [2.45, 2.75) is 58.0 Å². The van der Waals surface area contributed by atoms with Crippen molar-refractivity contribution in [2.24, 2.45) is 0 Å². The Morgan fingerprint density at radius 1 is 1.33 bits per heavy atom. The number of benzene rings is 1. The van der Waals surface area contributed by atoms with Crippen LogP contribution in [0.2, 0.25) is 6.32 Å². The van der Waals surface area contributed by atoms with Crippen LogP contribution in [0.3, 0.4) is 0 Å². The number of likely N-dealkylation sites (tertiary alicyclic amines) is 1. The number of ether oxygens (including phenoxy) is 1. The van der Waals surface area contributed by atoms with E-state index in [1.807, 2.05) is 0 Å². The maximum atomic E-state index is 12.3. The number of nitrogens with one attached hydrogen (secondary N) is 1. The summed E-state index contributed by atoms with van der Waals surface area (Å²) in [4.78, 5) is 25.7. The molecule has 1 atom stereocenters. The standard InChI is InChI=1S/C19H26BN2O7.CH4/c23-16(6-4-13-2-1-9-21-13)22-10-14(11-22)28-15-5-3-12-7-8-20(26,27)29-18(12)17(15)19(24)25;/h3,5,13-14,21,26-27H,1-2,4,6-11H2,(H,24,25);1H4/q-1;/p-1. The molecule has 0 aliphatic carbocycles. The van der Waals surface area contributed by atoms with Gasteiger partial charge in [0.1, 0.15) is 11.9 Å². The van der Waals surface area contributed by atoms with Crippen LogP contribution in [0, 0.1) is 0 Å². The van der Waals surface area contributed by atoms with Gasteiger partial charge in [-0.2, -0.15) is 0 Å². The Labute approximate surface area is 176 Å². The monoisotopic (exact) mass is 420 g/mol. The van der Waals surface area contributed by atoms with Gasteiger partial charge in [0.05, 0.1) is 30.4 Å². The van der Waals surface area contributed by atoms with E-state index in [1.165, 1.54) is 6.07 Å². The second-order valence-corrected chi connectivity index (χ2v) is 8.10. The van der Waals surface area contributed by atoms with Crippen molar-refractivity contribution in [1.82, 2.24) is 10.2 Å². The summed E-state index contributed by atoms with van der Waals surface area (Å²) >= 11 is 0. The van der Waals surface area contributed by atoms with E-state index in [0.717, 1.165) is 25.8 Å². The SMILES string of the molecule is C.O=C([O-])c1c(OC2CN(C(=O)CCC3CCCN3)C2)ccc2c1O[B-](O)(O)CC2. The average Bonchev–Trinajstić information content (AvgIpc) is 3.14. The van der Waals surface area contributed by atoms with Crippen LogP contribution < -0.4 is 19.8 Å². The third-order valence-corrected chi connectivity index (χ3v) is 5.86. The first-order valence-electron chi connectivity index (χ1n) is 10.2. The highest BCUT2D eigenvalue weighted by molar-refractivity contribution is 6.59. The average molecular weight is 420 g/mol. The van der Waals surface area contributed by atoms with Crippen LogP contribution in [0.5, 0.6) is 11.5 Å². The first-order valence-corrected chi connectivity index (χ1v) is 10.2. The molecular weight excluding hydrogens is 391 g/mol. The molecule has 10 heteroatoms. The van der Waals surface area contributed by atoms with E-state index in [2.05, 4.69) is 5.32 Å². The highest BCUT2D eigenvalue weighted by Gasteiger charge is 2.35. The second kappa shape index (κ2) is 8.83. The number of rotatable bonds is 6. The molecule has 1 amide bonds. The lowest BCUT2D eigenvalue weighted by atomic mass is 9.70. The molecule has 0 bridgehead atoms. The van der Waals surface area contributed by atoms with Gasteiger partial charge in [0.15, 0.2) is 0 Å². The number of aryl methyl sites for hydroxylation is 1. The smallest absolute Gasteiger partial charge is 0.430 e. The maximum Gasteiger partial charge on any atom is 0.430 e. The lowest BCUT2D eigenvalue weighted by Gasteiger charge is -2.41. The molecule has 30 heavy (non-hydrogen) atoms. The summed E-state index contributed by atoms with van der Waals surface area (Å²) in [7, 11) is 0. The van der Waals surface area contributed by atoms with Crippen LogP contribution in [-0.2, 0) is 11.2 Å². The van der Waals surface area contributed by atoms with E-state index >= 15 is 0 Å². The number of carboxylic acid groups (broad SMARTS) is 1. The lowest BCUT2D eigenvalue weighted by Crippen LogP contribution is -2.56. The summed E-state index contributed by atoms with van der Waals surface area (Å²) in [6.45, 7) is -1.32. The molecule has 0 aromatic heterocycles. The first kappa shape index (κ1) is 22.4. The number of carbonyl (C=O) groups is 2. The first-order chi connectivity index (χ1) is 13.8. The Morgan fingerprint density at radius 3 is 2.77 bits per heavy atom. The molecule has 0 saturated carbocycles. The molecule has 1 aromatic rings. The van der Waals surface area contributed by atoms with Gasteiger partial charge < -0.3 is 39.6 Å². The predicted octanol–water partition coefficient (Wildman–Crippen LogP) is -0.334. The maximum absolute atomic E-state index is 12.3. The summed E-state index contributed by atoms with van der Waals surface area (Å²) < 4.78 is 10.9. The Bertz CT molecular complexity index is 805. The Hall–Kier alpha value is -2.30. The van der Waals surface area contributed by atoms with Crippen molar-refractivity contribution < 1.29 is 34.1 Å². The molecule has 0 spiro atoms. The van der Waals surface area contributed by atoms with Gasteiger partial charge >= 0.3 is 6.75 Å². The van der Waals surface area contributed by atoms with E-state index in [1.54, 1.807) is 11.0 Å². The topological polar surface area (TPSA) is 131 Å². The molecule has 0 radical (unpaired) electrons. The molecule has 1 unspecified atom stereocenters. The van der Waals surface area contributed by atoms with E-state index in [-0.39, 0.29) is 49.2 Å². The third kappa shape index (κ3) is 4.71. The van der Waals surface area contributed by atoms with Crippen LogP contribution in [0.4, 0.5) is 0 Å². The minimum absolute atomic E-state index is 0. The molecule has 2 saturated heterocycles. The van der Waals surface area contributed by atoms with Gasteiger partial charge in [0, 0.05) is 12.5 Å². The number of carboxylic acids is 1. The minimum Gasteiger partial charge on any atom is -0.669 e. The van der Waals surface area contributed by atoms with Gasteiger partial charge in [-0.15, -0.1) is 0 Å². The quantitative estimate of drug-likeness (QED) is 0.533. The van der Waals surface area contributed by atoms with E-state index in [0.29, 0.717) is 31.1 Å². The summed E-state index contributed by atoms with van der Waals surface area (Å²) in [6, 6.07) is 3.59. The zero-order valence-electron chi connectivity index (χ0n) is 16.1. The zero-order chi connectivity index (χ0) is 20.6. The van der Waals surface area contributed by atoms with E-state index in [9.17, 15) is 24.7 Å². The number of amides is 1. The van der Waals surface area contributed by atoms with E-state index < -0.39 is 12.7 Å². The van der Waals surface area contributed by atoms with Crippen molar-refractivity contribution >= 4 is 18.6 Å². The number of hydrogen-bond donors (Lipinski definition) is 3. The molecular formula is C20H29BN2O7-2. The number of hydrogen-bond acceptors (Lipinski definition) is 8. The van der Waals surface area contributed by atoms with Crippen LogP contribution in [0.25, 0.3) is 0 Å². The Morgan fingerprint density at radius 2 is 2.10 bits per heavy atom. The summed E-state index contributed by atoms with van der Waals surface area (Å²) in [5.41, 5.74) is 0.233. The molecule has 1 aromatic carbocycles. The largest absolute Gasteiger partial charge is 0.669 e. The molecule has 9 nitrogen and oxygen atoms in total. The molecule has 3 heterocycles. The fraction of sp³-hybridized carbons (Fsp3) is 0.600. The van der Waals surface area contributed by atoms with Gasteiger partial charge in [-0.05, 0) is 43.9 Å². The van der Waals surface area contributed by atoms with Crippen molar-refractivity contribution in [3.63, 3.8) is 0 Å². The highest BCUT2D eigenvalue weighted by Crippen LogP contribution is 2.38. The summed E-state index contributed by atoms with van der Waals surface area (Å²) in [5, 5.41) is 34.6. The Balaban J connectivity index is 0.00000256. The minimum atomic E-state index is -3.10. The van der Waals surface area contributed by atoms with Crippen molar-refractivity contribution in [3.05, 3.63) is 23.3 Å². The molecule has 3 aliphatic rings. The van der Waals surface area contributed by atoms with E-state index in [4.69, 9.17) is 9.39 Å². The van der Waals surface area contributed by atoms with Crippen molar-refractivity contribution in [2.75, 3.05) is 19.6 Å². The third-order valence-electron chi connectivity index (χ3n) is 5.86. The Kier molecular flexibility index (Phi) is 6.59. The molecule has 2 fully saturated rings. The van der Waals surface area contributed by atoms with Gasteiger partial charge in [-0.3, -0.25) is 4.79 Å². The van der Waals surface area contributed by atoms with Crippen LogP contribution in [0.1, 0.15) is 49.0 Å².